The van der Waals surface area contributed by atoms with Crippen molar-refractivity contribution in [3.05, 3.63) is 58.6 Å². The molecule has 4 rings (SSSR count). The number of rotatable bonds is 6. The first-order valence-electron chi connectivity index (χ1n) is 10.0. The number of alkyl halides is 3. The molecule has 4 aromatic rings. The predicted octanol–water partition coefficient (Wildman–Crippen LogP) is 2.62. The molecule has 0 spiro atoms. The monoisotopic (exact) mass is 473 g/mol. The molecule has 0 fully saturated rings. The van der Waals surface area contributed by atoms with E-state index in [1.165, 1.54) is 19.1 Å². The lowest BCUT2D eigenvalue weighted by atomic mass is 9.92. The summed E-state index contributed by atoms with van der Waals surface area (Å²) in [6, 6.07) is 6.10. The Bertz CT molecular complexity index is 1440. The fourth-order valence-electron chi connectivity index (χ4n) is 3.72. The minimum Gasteiger partial charge on any atom is -0.366 e. The van der Waals surface area contributed by atoms with Crippen molar-refractivity contribution in [3.63, 3.8) is 0 Å². The topological polar surface area (TPSA) is 156 Å². The number of carbonyl (C=O) groups is 2. The number of fused-ring (bicyclic) bond motifs is 1. The van der Waals surface area contributed by atoms with Gasteiger partial charge < -0.3 is 16.0 Å². The van der Waals surface area contributed by atoms with Gasteiger partial charge in [-0.2, -0.15) is 23.3 Å². The van der Waals surface area contributed by atoms with Crippen molar-refractivity contribution in [2.24, 2.45) is 11.5 Å². The first-order chi connectivity index (χ1) is 16.0. The minimum absolute atomic E-state index is 0.0303. The Balaban J connectivity index is 2.07. The maximum Gasteiger partial charge on any atom is 0.435 e. The van der Waals surface area contributed by atoms with Crippen LogP contribution in [0.25, 0.3) is 22.0 Å². The molecule has 0 atom stereocenters. The number of aromatic nitrogens is 5. The molecule has 0 aliphatic heterocycles. The van der Waals surface area contributed by atoms with Gasteiger partial charge in [-0.15, -0.1) is 0 Å². The van der Waals surface area contributed by atoms with Crippen LogP contribution in [0.4, 0.5) is 13.2 Å². The van der Waals surface area contributed by atoms with Crippen molar-refractivity contribution in [2.45, 2.75) is 33.0 Å². The fourth-order valence-corrected chi connectivity index (χ4v) is 3.72. The highest BCUT2D eigenvalue weighted by Crippen LogP contribution is 2.42. The Labute approximate surface area is 189 Å². The minimum atomic E-state index is -4.95. The molecule has 176 valence electrons. The molecule has 1 aromatic carbocycles. The summed E-state index contributed by atoms with van der Waals surface area (Å²) in [4.78, 5) is 33.0. The van der Waals surface area contributed by atoms with Gasteiger partial charge in [0.2, 0.25) is 11.8 Å². The number of pyridine rings is 1. The lowest BCUT2D eigenvalue weighted by Gasteiger charge is -2.15. The van der Waals surface area contributed by atoms with Crippen molar-refractivity contribution in [2.75, 3.05) is 0 Å². The Morgan fingerprint density at radius 1 is 1.09 bits per heavy atom. The quantitative estimate of drug-likeness (QED) is 0.436. The Morgan fingerprint density at radius 2 is 1.79 bits per heavy atom. The number of amides is 2. The van der Waals surface area contributed by atoms with Gasteiger partial charge in [-0.3, -0.25) is 14.3 Å². The summed E-state index contributed by atoms with van der Waals surface area (Å²) in [6.45, 7) is 2.88. The molecule has 0 radical (unpaired) electrons. The number of benzene rings is 1. The van der Waals surface area contributed by atoms with E-state index in [-0.39, 0.29) is 34.5 Å². The second-order valence-electron chi connectivity index (χ2n) is 7.38. The van der Waals surface area contributed by atoms with Crippen LogP contribution in [-0.4, -0.2) is 36.7 Å². The molecular formula is C21H18F3N7O3. The molecule has 2 amide bonds. The third kappa shape index (κ3) is 3.84. The Morgan fingerprint density at radius 3 is 2.38 bits per heavy atom. The van der Waals surface area contributed by atoms with Crippen molar-refractivity contribution in [1.82, 2.24) is 24.9 Å². The second kappa shape index (κ2) is 8.24. The van der Waals surface area contributed by atoms with Gasteiger partial charge in [0.15, 0.2) is 11.5 Å². The van der Waals surface area contributed by atoms with Crippen LogP contribution in [-0.2, 0) is 19.1 Å². The number of nitrogens with two attached hydrogens (primary N) is 2. The van der Waals surface area contributed by atoms with Crippen LogP contribution in [0.15, 0.2) is 28.8 Å². The number of hydrogen-bond donors (Lipinski definition) is 2. The highest BCUT2D eigenvalue weighted by molar-refractivity contribution is 6.15. The molecule has 0 saturated heterocycles. The van der Waals surface area contributed by atoms with Gasteiger partial charge in [-0.05, 0) is 13.0 Å². The first-order valence-corrected chi connectivity index (χ1v) is 10.0. The lowest BCUT2D eigenvalue weighted by molar-refractivity contribution is -0.141. The van der Waals surface area contributed by atoms with E-state index in [1.807, 2.05) is 0 Å². The molecule has 3 aromatic heterocycles. The van der Waals surface area contributed by atoms with E-state index in [0.717, 1.165) is 4.68 Å². The van der Waals surface area contributed by atoms with Crippen molar-refractivity contribution >= 4 is 22.7 Å². The fraction of sp³-hybridized carbons (Fsp3) is 0.238. The van der Waals surface area contributed by atoms with Gasteiger partial charge in [-0.1, -0.05) is 30.3 Å². The van der Waals surface area contributed by atoms with Crippen LogP contribution in [0.3, 0.4) is 0 Å². The van der Waals surface area contributed by atoms with Crippen LogP contribution in [0.1, 0.15) is 50.9 Å². The first kappa shape index (κ1) is 22.9. The molecule has 3 heterocycles. The second-order valence-corrected chi connectivity index (χ2v) is 7.38. The normalized spacial score (nSPS) is 11.8. The summed E-state index contributed by atoms with van der Waals surface area (Å²) in [6.07, 6.45) is -4.51. The average molecular weight is 473 g/mol. The molecule has 0 bridgehead atoms. The van der Waals surface area contributed by atoms with E-state index in [2.05, 4.69) is 20.2 Å². The van der Waals surface area contributed by atoms with Gasteiger partial charge in [0.05, 0.1) is 11.1 Å². The number of halogens is 3. The van der Waals surface area contributed by atoms with Gasteiger partial charge in [0, 0.05) is 28.6 Å². The SMILES string of the molecule is CCc1nc(Cn2nc(C(F)(F)F)c(-c3c(C(N)=O)nc4ccccc4c3C(N)=O)c2C)no1. The lowest BCUT2D eigenvalue weighted by Crippen LogP contribution is -2.21. The van der Waals surface area contributed by atoms with Crippen LogP contribution in [0.5, 0.6) is 0 Å². The summed E-state index contributed by atoms with van der Waals surface area (Å²) in [5.41, 5.74) is 8.04. The Hall–Kier alpha value is -4.29. The van der Waals surface area contributed by atoms with Gasteiger partial charge in [0.1, 0.15) is 12.2 Å². The van der Waals surface area contributed by atoms with E-state index in [4.69, 9.17) is 16.0 Å². The maximum atomic E-state index is 14.1. The summed E-state index contributed by atoms with van der Waals surface area (Å²) in [7, 11) is 0. The highest BCUT2D eigenvalue weighted by atomic mass is 19.4. The van der Waals surface area contributed by atoms with Crippen molar-refractivity contribution in [1.29, 1.82) is 0 Å². The number of hydrogen-bond acceptors (Lipinski definition) is 7. The smallest absolute Gasteiger partial charge is 0.366 e. The predicted molar refractivity (Wildman–Crippen MR) is 113 cm³/mol. The average Bonchev–Trinajstić information content (AvgIpc) is 3.36. The van der Waals surface area contributed by atoms with Crippen LogP contribution < -0.4 is 11.5 Å². The van der Waals surface area contributed by atoms with Gasteiger partial charge in [-0.25, -0.2) is 4.98 Å². The van der Waals surface area contributed by atoms with Crippen LogP contribution in [0.2, 0.25) is 0 Å². The number of aryl methyl sites for hydroxylation is 1. The Kier molecular flexibility index (Phi) is 5.55. The molecule has 4 N–H and O–H groups in total. The summed E-state index contributed by atoms with van der Waals surface area (Å²) < 4.78 is 48.4. The van der Waals surface area contributed by atoms with E-state index in [0.29, 0.717) is 12.3 Å². The molecule has 13 heteroatoms. The van der Waals surface area contributed by atoms with Crippen molar-refractivity contribution < 1.29 is 27.3 Å². The van der Waals surface area contributed by atoms with Crippen LogP contribution in [0, 0.1) is 6.92 Å². The number of nitrogens with zero attached hydrogens (tertiary/aromatic N) is 5. The molecule has 0 saturated carbocycles. The molecular weight excluding hydrogens is 455 g/mol. The zero-order valence-corrected chi connectivity index (χ0v) is 18.0. The van der Waals surface area contributed by atoms with Gasteiger partial charge >= 0.3 is 6.18 Å². The van der Waals surface area contributed by atoms with E-state index in [1.54, 1.807) is 19.1 Å². The third-order valence-electron chi connectivity index (χ3n) is 5.20. The molecule has 0 aliphatic rings. The summed E-state index contributed by atoms with van der Waals surface area (Å²) in [5.74, 6) is -1.78. The van der Waals surface area contributed by atoms with E-state index in [9.17, 15) is 22.8 Å². The third-order valence-corrected chi connectivity index (χ3v) is 5.20. The zero-order chi connectivity index (χ0) is 24.8. The molecule has 34 heavy (non-hydrogen) atoms. The van der Waals surface area contributed by atoms with Crippen LogP contribution >= 0.6 is 0 Å². The van der Waals surface area contributed by atoms with E-state index >= 15 is 0 Å². The van der Waals surface area contributed by atoms with E-state index < -0.39 is 40.5 Å². The summed E-state index contributed by atoms with van der Waals surface area (Å²) >= 11 is 0. The van der Waals surface area contributed by atoms with Crippen molar-refractivity contribution in [3.8, 4) is 11.1 Å². The largest absolute Gasteiger partial charge is 0.435 e. The number of para-hydroxylation sites is 1. The number of carbonyl (C=O) groups excluding carboxylic acids is 2. The molecule has 10 nitrogen and oxygen atoms in total. The zero-order valence-electron chi connectivity index (χ0n) is 18.0. The molecule has 0 unspecified atom stereocenters. The summed E-state index contributed by atoms with van der Waals surface area (Å²) in [5, 5.41) is 7.62. The highest BCUT2D eigenvalue weighted by Gasteiger charge is 2.41. The standard InChI is InChI=1S/C21H18F3N7O3/c1-3-13-28-12(30-34-13)8-31-9(2)14(18(29-31)21(22,23)24)16-15(19(25)32)10-6-4-5-7-11(10)27-17(16)20(26)33/h4-7H,3,8H2,1-2H3,(H2,25,32)(H2,26,33). The maximum absolute atomic E-state index is 14.1. The van der Waals surface area contributed by atoms with Gasteiger partial charge in [0.25, 0.3) is 5.91 Å². The number of primary amides is 2. The molecule has 0 aliphatic carbocycles.